The Morgan fingerprint density at radius 1 is 1.11 bits per heavy atom. The first-order valence-corrected chi connectivity index (χ1v) is 10.2. The summed E-state index contributed by atoms with van der Waals surface area (Å²) in [6.07, 6.45) is 2.98. The van der Waals surface area contributed by atoms with Crippen LogP contribution < -0.4 is 10.6 Å². The van der Waals surface area contributed by atoms with Gasteiger partial charge in [0.25, 0.3) is 0 Å². The highest BCUT2D eigenvalue weighted by molar-refractivity contribution is 7.16. The average Bonchev–Trinajstić information content (AvgIpc) is 3.17. The number of carbonyl (C=O) groups excluding carboxylic acids is 2. The van der Waals surface area contributed by atoms with Crippen molar-refractivity contribution in [1.29, 1.82) is 0 Å². The Hall–Kier alpha value is -2.26. The van der Waals surface area contributed by atoms with Gasteiger partial charge in [-0.15, -0.1) is 11.3 Å². The van der Waals surface area contributed by atoms with E-state index in [4.69, 9.17) is 5.73 Å². The molecule has 2 N–H and O–H groups in total. The molecule has 4 heterocycles. The quantitative estimate of drug-likeness (QED) is 0.821. The number of nitrogens with zero attached hydrogens (tertiary/aromatic N) is 5. The summed E-state index contributed by atoms with van der Waals surface area (Å²) in [6, 6.07) is 2.07. The van der Waals surface area contributed by atoms with E-state index in [1.165, 1.54) is 0 Å². The maximum Gasteiger partial charge on any atom is 0.236 e. The minimum absolute atomic E-state index is 0.0839. The normalized spacial score (nSPS) is 19.6. The number of hydrogen-bond donors (Lipinski definition) is 1. The molecule has 0 aliphatic carbocycles. The Morgan fingerprint density at radius 3 is 2.56 bits per heavy atom. The Labute approximate surface area is 162 Å². The van der Waals surface area contributed by atoms with E-state index in [0.717, 1.165) is 42.2 Å². The smallest absolute Gasteiger partial charge is 0.236 e. The van der Waals surface area contributed by atoms with Crippen LogP contribution in [0.15, 0.2) is 17.8 Å². The molecular weight excluding hydrogens is 364 g/mol. The molecule has 2 amide bonds. The third-order valence-electron chi connectivity index (χ3n) is 5.52. The molecular formula is C18H24N6O2S. The number of piperidine rings is 1. The first-order chi connectivity index (χ1) is 13.1. The second-order valence-electron chi connectivity index (χ2n) is 7.16. The van der Waals surface area contributed by atoms with Gasteiger partial charge in [0.15, 0.2) is 0 Å². The number of fused-ring (bicyclic) bond motifs is 1. The van der Waals surface area contributed by atoms with Crippen LogP contribution in [0.5, 0.6) is 0 Å². The molecule has 9 heteroatoms. The van der Waals surface area contributed by atoms with E-state index in [1.807, 2.05) is 10.3 Å². The van der Waals surface area contributed by atoms with Crippen LogP contribution in [0.2, 0.25) is 0 Å². The van der Waals surface area contributed by atoms with Gasteiger partial charge in [0, 0.05) is 45.2 Å². The van der Waals surface area contributed by atoms with Crippen LogP contribution >= 0.6 is 11.3 Å². The zero-order valence-corrected chi connectivity index (χ0v) is 16.0. The molecule has 0 atom stereocenters. The standard InChI is InChI=1S/C18H24N6O2S/c19-16(26)13-1-4-23(5-2-13)15(25)11-22-6-8-24(9-7-22)17-14-3-10-27-18(14)21-12-20-17/h3,10,12-13H,1-2,4-9,11H2,(H2,19,26). The Balaban J connectivity index is 1.29. The number of anilines is 1. The lowest BCUT2D eigenvalue weighted by atomic mass is 9.96. The van der Waals surface area contributed by atoms with Crippen LogP contribution in [0.3, 0.4) is 0 Å². The molecule has 8 nitrogen and oxygen atoms in total. The lowest BCUT2D eigenvalue weighted by Crippen LogP contribution is -2.51. The number of amides is 2. The van der Waals surface area contributed by atoms with Gasteiger partial charge in [0.2, 0.25) is 11.8 Å². The highest BCUT2D eigenvalue weighted by atomic mass is 32.1. The molecule has 0 unspecified atom stereocenters. The average molecular weight is 388 g/mol. The van der Waals surface area contributed by atoms with E-state index in [0.29, 0.717) is 32.5 Å². The predicted octanol–water partition coefficient (Wildman–Crippen LogP) is 0.537. The minimum Gasteiger partial charge on any atom is -0.369 e. The topological polar surface area (TPSA) is 95.7 Å². The molecule has 2 aromatic rings. The molecule has 2 saturated heterocycles. The van der Waals surface area contributed by atoms with Crippen molar-refractivity contribution in [1.82, 2.24) is 19.8 Å². The molecule has 144 valence electrons. The SMILES string of the molecule is NC(=O)C1CCN(C(=O)CN2CCN(c3ncnc4sccc34)CC2)CC1. The first kappa shape index (κ1) is 18.1. The van der Waals surface area contributed by atoms with Crippen molar-refractivity contribution in [2.75, 3.05) is 50.7 Å². The number of carbonyl (C=O) groups is 2. The number of aromatic nitrogens is 2. The zero-order chi connectivity index (χ0) is 18.8. The second-order valence-corrected chi connectivity index (χ2v) is 8.05. The van der Waals surface area contributed by atoms with E-state index in [-0.39, 0.29) is 17.7 Å². The fourth-order valence-electron chi connectivity index (χ4n) is 3.85. The zero-order valence-electron chi connectivity index (χ0n) is 15.2. The van der Waals surface area contributed by atoms with E-state index >= 15 is 0 Å². The highest BCUT2D eigenvalue weighted by Gasteiger charge is 2.28. The van der Waals surface area contributed by atoms with Crippen molar-refractivity contribution in [2.24, 2.45) is 11.7 Å². The molecule has 2 aromatic heterocycles. The van der Waals surface area contributed by atoms with Gasteiger partial charge in [-0.2, -0.15) is 0 Å². The van der Waals surface area contributed by atoms with Crippen LogP contribution in [0.4, 0.5) is 5.82 Å². The number of likely N-dealkylation sites (tertiary alicyclic amines) is 1. The molecule has 4 rings (SSSR count). The van der Waals surface area contributed by atoms with Crippen LogP contribution in [0.25, 0.3) is 10.2 Å². The summed E-state index contributed by atoms with van der Waals surface area (Å²) >= 11 is 1.62. The lowest BCUT2D eigenvalue weighted by molar-refractivity contribution is -0.136. The summed E-state index contributed by atoms with van der Waals surface area (Å²) in [6.45, 7) is 5.05. The molecule has 0 bridgehead atoms. The van der Waals surface area contributed by atoms with E-state index in [2.05, 4.69) is 25.8 Å². The summed E-state index contributed by atoms with van der Waals surface area (Å²) in [4.78, 5) is 40.0. The number of piperazine rings is 1. The second kappa shape index (κ2) is 7.77. The molecule has 0 aromatic carbocycles. The monoisotopic (exact) mass is 388 g/mol. The number of hydrogen-bond acceptors (Lipinski definition) is 7. The third kappa shape index (κ3) is 3.89. The van der Waals surface area contributed by atoms with Gasteiger partial charge < -0.3 is 15.5 Å². The van der Waals surface area contributed by atoms with Gasteiger partial charge >= 0.3 is 0 Å². The molecule has 0 spiro atoms. The first-order valence-electron chi connectivity index (χ1n) is 9.34. The van der Waals surface area contributed by atoms with Gasteiger partial charge in [-0.05, 0) is 24.3 Å². The molecule has 2 fully saturated rings. The Morgan fingerprint density at radius 2 is 1.85 bits per heavy atom. The fraction of sp³-hybridized carbons (Fsp3) is 0.556. The number of thiophene rings is 1. The maximum atomic E-state index is 12.6. The summed E-state index contributed by atoms with van der Waals surface area (Å²) in [7, 11) is 0. The van der Waals surface area contributed by atoms with Crippen molar-refractivity contribution >= 4 is 39.2 Å². The number of primary amides is 1. The van der Waals surface area contributed by atoms with Crippen LogP contribution in [0.1, 0.15) is 12.8 Å². The molecule has 0 radical (unpaired) electrons. The summed E-state index contributed by atoms with van der Waals surface area (Å²) in [5.74, 6) is 0.802. The van der Waals surface area contributed by atoms with Crippen molar-refractivity contribution in [3.05, 3.63) is 17.8 Å². The predicted molar refractivity (Wildman–Crippen MR) is 105 cm³/mol. The molecule has 27 heavy (non-hydrogen) atoms. The largest absolute Gasteiger partial charge is 0.369 e. The van der Waals surface area contributed by atoms with Crippen molar-refractivity contribution in [3.8, 4) is 0 Å². The highest BCUT2D eigenvalue weighted by Crippen LogP contribution is 2.27. The summed E-state index contributed by atoms with van der Waals surface area (Å²) in [5.41, 5.74) is 5.36. The van der Waals surface area contributed by atoms with Crippen molar-refractivity contribution in [3.63, 3.8) is 0 Å². The fourth-order valence-corrected chi connectivity index (χ4v) is 4.58. The van der Waals surface area contributed by atoms with Crippen molar-refractivity contribution in [2.45, 2.75) is 12.8 Å². The van der Waals surface area contributed by atoms with Gasteiger partial charge in [0.05, 0.1) is 11.9 Å². The molecule has 0 saturated carbocycles. The number of nitrogens with two attached hydrogens (primary N) is 1. The Kier molecular flexibility index (Phi) is 5.22. The minimum atomic E-state index is -0.248. The Bertz CT molecular complexity index is 824. The number of rotatable bonds is 4. The molecule has 2 aliphatic rings. The van der Waals surface area contributed by atoms with E-state index < -0.39 is 0 Å². The van der Waals surface area contributed by atoms with Gasteiger partial charge in [-0.25, -0.2) is 9.97 Å². The van der Waals surface area contributed by atoms with Crippen molar-refractivity contribution < 1.29 is 9.59 Å². The van der Waals surface area contributed by atoms with Gasteiger partial charge in [-0.1, -0.05) is 0 Å². The van der Waals surface area contributed by atoms with Crippen LogP contribution in [0, 0.1) is 5.92 Å². The maximum absolute atomic E-state index is 12.6. The molecule has 2 aliphatic heterocycles. The van der Waals surface area contributed by atoms with Crippen LogP contribution in [-0.2, 0) is 9.59 Å². The third-order valence-corrected chi connectivity index (χ3v) is 6.34. The lowest BCUT2D eigenvalue weighted by Gasteiger charge is -2.37. The summed E-state index contributed by atoms with van der Waals surface area (Å²) < 4.78 is 0. The van der Waals surface area contributed by atoms with Gasteiger partial charge in [0.1, 0.15) is 17.0 Å². The van der Waals surface area contributed by atoms with E-state index in [1.54, 1.807) is 17.7 Å². The van der Waals surface area contributed by atoms with Crippen LogP contribution in [-0.4, -0.2) is 77.4 Å². The van der Waals surface area contributed by atoms with E-state index in [9.17, 15) is 9.59 Å². The van der Waals surface area contributed by atoms with Gasteiger partial charge in [-0.3, -0.25) is 14.5 Å². The summed E-state index contributed by atoms with van der Waals surface area (Å²) in [5, 5.41) is 3.14.